The fourth-order valence-corrected chi connectivity index (χ4v) is 1.79. The first kappa shape index (κ1) is 16.4. The van der Waals surface area contributed by atoms with Crippen LogP contribution in [0.5, 0.6) is 0 Å². The second-order valence-electron chi connectivity index (χ2n) is 4.43. The van der Waals surface area contributed by atoms with Crippen LogP contribution in [-0.4, -0.2) is 23.7 Å². The second kappa shape index (κ2) is 7.85. The number of amides is 2. The Morgan fingerprint density at radius 1 is 1.48 bits per heavy atom. The summed E-state index contributed by atoms with van der Waals surface area (Å²) in [5.74, 6) is -2.39. The fourth-order valence-electron chi connectivity index (χ4n) is 1.79. The fraction of sp³-hybridized carbons (Fsp3) is 0.357. The summed E-state index contributed by atoms with van der Waals surface area (Å²) in [7, 11) is 0. The number of rotatable bonds is 6. The number of nitriles is 1. The Bertz CT molecular complexity index is 569. The Morgan fingerprint density at radius 3 is 2.76 bits per heavy atom. The third-order valence-electron chi connectivity index (χ3n) is 2.87. The molecule has 0 radical (unpaired) electrons. The molecule has 1 rings (SSSR count). The molecule has 3 N–H and O–H groups in total. The molecule has 112 valence electrons. The van der Waals surface area contributed by atoms with Crippen molar-refractivity contribution in [3.8, 4) is 6.07 Å². The third-order valence-corrected chi connectivity index (χ3v) is 2.87. The van der Waals surface area contributed by atoms with E-state index in [9.17, 15) is 14.0 Å². The molecular formula is C14H16FN3O3. The summed E-state index contributed by atoms with van der Waals surface area (Å²) in [6.45, 7) is 1.81. The van der Waals surface area contributed by atoms with Gasteiger partial charge in [-0.25, -0.2) is 9.18 Å². The Kier molecular flexibility index (Phi) is 6.14. The van der Waals surface area contributed by atoms with Crippen molar-refractivity contribution in [2.75, 3.05) is 11.9 Å². The predicted octanol–water partition coefficient (Wildman–Crippen LogP) is 2.32. The Morgan fingerprint density at radius 2 is 2.19 bits per heavy atom. The molecule has 7 heteroatoms. The monoisotopic (exact) mass is 293 g/mol. The highest BCUT2D eigenvalue weighted by molar-refractivity contribution is 5.91. The molecule has 1 unspecified atom stereocenters. The number of urea groups is 1. The van der Waals surface area contributed by atoms with Crippen LogP contribution in [0.15, 0.2) is 18.2 Å². The molecule has 0 bridgehead atoms. The molecule has 1 aromatic rings. The summed E-state index contributed by atoms with van der Waals surface area (Å²) in [6, 6.07) is 4.85. The van der Waals surface area contributed by atoms with Crippen LogP contribution in [0.25, 0.3) is 0 Å². The Balaban J connectivity index is 2.65. The zero-order valence-corrected chi connectivity index (χ0v) is 11.5. The molecule has 1 aromatic carbocycles. The SMILES string of the molecule is CCCC(CNC(=O)Nc1cccc(F)c1C#N)C(=O)O. The average Bonchev–Trinajstić information content (AvgIpc) is 2.43. The molecule has 0 heterocycles. The van der Waals surface area contributed by atoms with E-state index < -0.39 is 23.7 Å². The number of carboxylic acids is 1. The Labute approximate surface area is 121 Å². The van der Waals surface area contributed by atoms with Gasteiger partial charge in [-0.05, 0) is 18.6 Å². The van der Waals surface area contributed by atoms with E-state index in [2.05, 4.69) is 10.6 Å². The number of hydrogen-bond acceptors (Lipinski definition) is 3. The van der Waals surface area contributed by atoms with Gasteiger partial charge in [-0.15, -0.1) is 0 Å². The molecule has 21 heavy (non-hydrogen) atoms. The molecule has 0 aliphatic heterocycles. The smallest absolute Gasteiger partial charge is 0.319 e. The van der Waals surface area contributed by atoms with E-state index in [0.717, 1.165) is 6.07 Å². The molecule has 0 saturated heterocycles. The van der Waals surface area contributed by atoms with E-state index in [1.54, 1.807) is 6.07 Å². The van der Waals surface area contributed by atoms with Crippen molar-refractivity contribution in [3.63, 3.8) is 0 Å². The maximum atomic E-state index is 13.3. The van der Waals surface area contributed by atoms with Crippen molar-refractivity contribution in [1.29, 1.82) is 5.26 Å². The number of hydrogen-bond donors (Lipinski definition) is 3. The molecule has 1 atom stereocenters. The highest BCUT2D eigenvalue weighted by atomic mass is 19.1. The number of benzene rings is 1. The second-order valence-corrected chi connectivity index (χ2v) is 4.43. The van der Waals surface area contributed by atoms with E-state index in [4.69, 9.17) is 10.4 Å². The molecule has 0 aliphatic carbocycles. The lowest BCUT2D eigenvalue weighted by molar-refractivity contribution is -0.141. The Hall–Kier alpha value is -2.62. The van der Waals surface area contributed by atoms with Gasteiger partial charge in [-0.1, -0.05) is 19.4 Å². The van der Waals surface area contributed by atoms with Crippen LogP contribution in [-0.2, 0) is 4.79 Å². The quantitative estimate of drug-likeness (QED) is 0.749. The summed E-state index contributed by atoms with van der Waals surface area (Å²) < 4.78 is 13.3. The lowest BCUT2D eigenvalue weighted by Gasteiger charge is -2.13. The van der Waals surface area contributed by atoms with Gasteiger partial charge in [0.1, 0.15) is 17.4 Å². The van der Waals surface area contributed by atoms with E-state index in [1.165, 1.54) is 12.1 Å². The van der Waals surface area contributed by atoms with Crippen molar-refractivity contribution < 1.29 is 19.1 Å². The molecule has 0 aromatic heterocycles. The maximum absolute atomic E-state index is 13.3. The zero-order chi connectivity index (χ0) is 15.8. The van der Waals surface area contributed by atoms with Gasteiger partial charge in [0, 0.05) is 6.54 Å². The van der Waals surface area contributed by atoms with Gasteiger partial charge in [-0.2, -0.15) is 5.26 Å². The lowest BCUT2D eigenvalue weighted by Crippen LogP contribution is -2.35. The van der Waals surface area contributed by atoms with Crippen molar-refractivity contribution in [2.45, 2.75) is 19.8 Å². The molecule has 2 amide bonds. The number of nitrogens with one attached hydrogen (secondary N) is 2. The molecular weight excluding hydrogens is 277 g/mol. The van der Waals surface area contributed by atoms with Crippen molar-refractivity contribution in [3.05, 3.63) is 29.6 Å². The van der Waals surface area contributed by atoms with Crippen LogP contribution < -0.4 is 10.6 Å². The van der Waals surface area contributed by atoms with Crippen LogP contribution in [0.1, 0.15) is 25.3 Å². The van der Waals surface area contributed by atoms with Crippen LogP contribution in [0.3, 0.4) is 0 Å². The highest BCUT2D eigenvalue weighted by Crippen LogP contribution is 2.17. The molecule has 0 saturated carbocycles. The minimum atomic E-state index is -0.986. The predicted molar refractivity (Wildman–Crippen MR) is 74.2 cm³/mol. The average molecular weight is 293 g/mol. The minimum absolute atomic E-state index is 0.0355. The number of carbonyl (C=O) groups is 2. The van der Waals surface area contributed by atoms with Crippen LogP contribution >= 0.6 is 0 Å². The van der Waals surface area contributed by atoms with Crippen LogP contribution in [0, 0.1) is 23.1 Å². The van der Waals surface area contributed by atoms with Crippen LogP contribution in [0.4, 0.5) is 14.9 Å². The number of carboxylic acid groups (broad SMARTS) is 1. The summed E-state index contributed by atoms with van der Waals surface area (Å²) >= 11 is 0. The van der Waals surface area contributed by atoms with Crippen molar-refractivity contribution >= 4 is 17.7 Å². The van der Waals surface area contributed by atoms with Gasteiger partial charge < -0.3 is 15.7 Å². The van der Waals surface area contributed by atoms with Crippen molar-refractivity contribution in [1.82, 2.24) is 5.32 Å². The maximum Gasteiger partial charge on any atom is 0.319 e. The lowest BCUT2D eigenvalue weighted by atomic mass is 10.0. The molecule has 6 nitrogen and oxygen atoms in total. The van der Waals surface area contributed by atoms with Gasteiger partial charge in [0.15, 0.2) is 0 Å². The third kappa shape index (κ3) is 4.76. The largest absolute Gasteiger partial charge is 0.481 e. The first-order valence-corrected chi connectivity index (χ1v) is 6.45. The summed E-state index contributed by atoms with van der Waals surface area (Å²) in [6.07, 6.45) is 1.13. The highest BCUT2D eigenvalue weighted by Gasteiger charge is 2.17. The number of nitrogens with zero attached hydrogens (tertiary/aromatic N) is 1. The molecule has 0 fully saturated rings. The van der Waals surface area contributed by atoms with E-state index >= 15 is 0 Å². The number of halogens is 1. The first-order chi connectivity index (χ1) is 9.99. The number of aliphatic carboxylic acids is 1. The molecule has 0 aliphatic rings. The van der Waals surface area contributed by atoms with E-state index in [1.807, 2.05) is 6.92 Å². The summed E-state index contributed by atoms with van der Waals surface area (Å²) in [5.41, 5.74) is -0.228. The van der Waals surface area contributed by atoms with E-state index in [0.29, 0.717) is 12.8 Å². The van der Waals surface area contributed by atoms with Crippen molar-refractivity contribution in [2.24, 2.45) is 5.92 Å². The van der Waals surface area contributed by atoms with Crippen LogP contribution in [0.2, 0.25) is 0 Å². The summed E-state index contributed by atoms with van der Waals surface area (Å²) in [5, 5.41) is 22.5. The molecule has 0 spiro atoms. The number of anilines is 1. The normalized spacial score (nSPS) is 11.3. The van der Waals surface area contributed by atoms with E-state index in [-0.39, 0.29) is 17.8 Å². The van der Waals surface area contributed by atoms with Gasteiger partial charge in [0.25, 0.3) is 0 Å². The van der Waals surface area contributed by atoms with Gasteiger partial charge in [-0.3, -0.25) is 4.79 Å². The minimum Gasteiger partial charge on any atom is -0.481 e. The zero-order valence-electron chi connectivity index (χ0n) is 11.5. The van der Waals surface area contributed by atoms with Gasteiger partial charge in [0.2, 0.25) is 0 Å². The van der Waals surface area contributed by atoms with Gasteiger partial charge >= 0.3 is 12.0 Å². The standard InChI is InChI=1S/C14H16FN3O3/c1-2-4-9(13(19)20)8-17-14(21)18-12-6-3-5-11(15)10(12)7-16/h3,5-6,9H,2,4,8H2,1H3,(H,19,20)(H2,17,18,21). The van der Waals surface area contributed by atoms with Gasteiger partial charge in [0.05, 0.1) is 11.6 Å². The first-order valence-electron chi connectivity index (χ1n) is 6.45. The topological polar surface area (TPSA) is 102 Å². The summed E-state index contributed by atoms with van der Waals surface area (Å²) in [4.78, 5) is 22.6. The number of carbonyl (C=O) groups excluding carboxylic acids is 1.